The smallest absolute Gasteiger partial charge is 0.271 e. The lowest BCUT2D eigenvalue weighted by atomic mass is 10.2. The molecule has 0 saturated heterocycles. The third-order valence-electron chi connectivity index (χ3n) is 2.77. The number of nitro groups is 1. The molecule has 19 heavy (non-hydrogen) atoms. The lowest BCUT2D eigenvalue weighted by molar-refractivity contribution is -0.384. The van der Waals surface area contributed by atoms with Crippen LogP contribution in [0.1, 0.15) is 20.8 Å². The van der Waals surface area contributed by atoms with Crippen LogP contribution in [0.5, 0.6) is 5.75 Å². The van der Waals surface area contributed by atoms with Crippen LogP contribution in [0.4, 0.5) is 11.4 Å². The van der Waals surface area contributed by atoms with Crippen LogP contribution in [0.2, 0.25) is 0 Å². The highest BCUT2D eigenvalue weighted by Gasteiger charge is 2.07. The first-order valence-electron chi connectivity index (χ1n) is 6.30. The zero-order valence-electron chi connectivity index (χ0n) is 12.0. The number of anilines is 1. The zero-order valence-corrected chi connectivity index (χ0v) is 12.0. The SMILES string of the molecule is CCN(CC)CC.COc1ccc([N+](=O)[O-])cc1N. The van der Waals surface area contributed by atoms with Crippen molar-refractivity contribution in [2.45, 2.75) is 20.8 Å². The number of nitrogens with two attached hydrogens (primary N) is 1. The highest BCUT2D eigenvalue weighted by atomic mass is 16.6. The fourth-order valence-electron chi connectivity index (χ4n) is 1.51. The fraction of sp³-hybridized carbons (Fsp3) is 0.538. The Morgan fingerprint density at radius 2 is 1.79 bits per heavy atom. The van der Waals surface area contributed by atoms with Gasteiger partial charge in [0, 0.05) is 12.1 Å². The Labute approximate surface area is 114 Å². The molecule has 0 aliphatic carbocycles. The van der Waals surface area contributed by atoms with Gasteiger partial charge in [-0.3, -0.25) is 10.1 Å². The lowest BCUT2D eigenvalue weighted by Gasteiger charge is -2.13. The molecule has 0 aliphatic heterocycles. The highest BCUT2D eigenvalue weighted by molar-refractivity contribution is 5.58. The number of rotatable bonds is 5. The molecule has 0 aromatic heterocycles. The molecule has 0 heterocycles. The Balaban J connectivity index is 0.000000399. The van der Waals surface area contributed by atoms with Gasteiger partial charge >= 0.3 is 0 Å². The molecule has 0 aliphatic rings. The number of methoxy groups -OCH3 is 1. The number of hydrogen-bond donors (Lipinski definition) is 1. The van der Waals surface area contributed by atoms with Crippen LogP contribution < -0.4 is 10.5 Å². The minimum absolute atomic E-state index is 0.0340. The molecule has 0 saturated carbocycles. The summed E-state index contributed by atoms with van der Waals surface area (Å²) in [7, 11) is 1.46. The van der Waals surface area contributed by atoms with Crippen molar-refractivity contribution in [2.24, 2.45) is 0 Å². The van der Waals surface area contributed by atoms with E-state index in [-0.39, 0.29) is 11.4 Å². The summed E-state index contributed by atoms with van der Waals surface area (Å²) in [5, 5.41) is 10.3. The van der Waals surface area contributed by atoms with E-state index >= 15 is 0 Å². The zero-order chi connectivity index (χ0) is 14.8. The van der Waals surface area contributed by atoms with E-state index in [9.17, 15) is 10.1 Å². The predicted molar refractivity (Wildman–Crippen MR) is 77.5 cm³/mol. The summed E-state index contributed by atoms with van der Waals surface area (Å²) in [5.74, 6) is 0.445. The second-order valence-electron chi connectivity index (χ2n) is 3.80. The minimum atomic E-state index is -0.504. The van der Waals surface area contributed by atoms with E-state index in [1.165, 1.54) is 44.9 Å². The third kappa shape index (κ3) is 6.05. The van der Waals surface area contributed by atoms with Crippen molar-refractivity contribution in [3.05, 3.63) is 28.3 Å². The molecule has 6 nitrogen and oxygen atoms in total. The third-order valence-corrected chi connectivity index (χ3v) is 2.77. The van der Waals surface area contributed by atoms with Crippen molar-refractivity contribution in [3.63, 3.8) is 0 Å². The Kier molecular flexibility index (Phi) is 8.28. The summed E-state index contributed by atoms with van der Waals surface area (Å²) < 4.78 is 4.83. The summed E-state index contributed by atoms with van der Waals surface area (Å²) in [5.41, 5.74) is 5.68. The number of nitrogens with zero attached hydrogens (tertiary/aromatic N) is 2. The average Bonchev–Trinajstić information content (AvgIpc) is 2.41. The van der Waals surface area contributed by atoms with Crippen LogP contribution in [-0.4, -0.2) is 36.6 Å². The highest BCUT2D eigenvalue weighted by Crippen LogP contribution is 2.25. The summed E-state index contributed by atoms with van der Waals surface area (Å²) in [6, 6.07) is 4.07. The van der Waals surface area contributed by atoms with E-state index < -0.39 is 4.92 Å². The van der Waals surface area contributed by atoms with E-state index in [1.54, 1.807) is 0 Å². The van der Waals surface area contributed by atoms with Crippen LogP contribution in [0.3, 0.4) is 0 Å². The Morgan fingerprint density at radius 3 is 2.05 bits per heavy atom. The quantitative estimate of drug-likeness (QED) is 0.504. The second-order valence-corrected chi connectivity index (χ2v) is 3.80. The van der Waals surface area contributed by atoms with E-state index in [4.69, 9.17) is 10.5 Å². The van der Waals surface area contributed by atoms with Crippen molar-refractivity contribution in [3.8, 4) is 5.75 Å². The molecule has 0 bridgehead atoms. The average molecular weight is 269 g/mol. The van der Waals surface area contributed by atoms with Gasteiger partial charge in [0.15, 0.2) is 0 Å². The van der Waals surface area contributed by atoms with Crippen molar-refractivity contribution < 1.29 is 9.66 Å². The molecule has 1 rings (SSSR count). The molecule has 0 fully saturated rings. The monoisotopic (exact) mass is 269 g/mol. The first-order valence-corrected chi connectivity index (χ1v) is 6.30. The van der Waals surface area contributed by atoms with Crippen LogP contribution in [0.15, 0.2) is 18.2 Å². The van der Waals surface area contributed by atoms with Gasteiger partial charge in [-0.1, -0.05) is 20.8 Å². The molecule has 6 heteroatoms. The summed E-state index contributed by atoms with van der Waals surface area (Å²) in [6.45, 7) is 10.1. The lowest BCUT2D eigenvalue weighted by Crippen LogP contribution is -2.21. The van der Waals surface area contributed by atoms with Gasteiger partial charge in [0.1, 0.15) is 5.75 Å². The van der Waals surface area contributed by atoms with Crippen LogP contribution in [0.25, 0.3) is 0 Å². The molecule has 108 valence electrons. The van der Waals surface area contributed by atoms with Gasteiger partial charge in [0.2, 0.25) is 0 Å². The van der Waals surface area contributed by atoms with Crippen molar-refractivity contribution in [1.82, 2.24) is 4.90 Å². The predicted octanol–water partition coefficient (Wildman–Crippen LogP) is 2.53. The van der Waals surface area contributed by atoms with Crippen LogP contribution in [-0.2, 0) is 0 Å². The molecule has 0 spiro atoms. The number of benzene rings is 1. The molecule has 0 radical (unpaired) electrons. The van der Waals surface area contributed by atoms with Crippen molar-refractivity contribution in [1.29, 1.82) is 0 Å². The first kappa shape index (κ1) is 17.2. The molecule has 2 N–H and O–H groups in total. The van der Waals surface area contributed by atoms with E-state index in [0.717, 1.165) is 0 Å². The number of nitro benzene ring substituents is 1. The van der Waals surface area contributed by atoms with E-state index in [0.29, 0.717) is 5.75 Å². The topological polar surface area (TPSA) is 81.6 Å². The number of ether oxygens (including phenoxy) is 1. The Hall–Kier alpha value is -1.82. The number of nitrogen functional groups attached to an aromatic ring is 1. The van der Waals surface area contributed by atoms with E-state index in [2.05, 4.69) is 25.7 Å². The van der Waals surface area contributed by atoms with Gasteiger partial charge in [-0.25, -0.2) is 0 Å². The van der Waals surface area contributed by atoms with Gasteiger partial charge in [-0.05, 0) is 25.7 Å². The molecule has 1 aromatic carbocycles. The maximum atomic E-state index is 10.3. The van der Waals surface area contributed by atoms with Crippen LogP contribution >= 0.6 is 0 Å². The van der Waals surface area contributed by atoms with Gasteiger partial charge in [0.25, 0.3) is 5.69 Å². The number of non-ortho nitro benzene ring substituents is 1. The second kappa shape index (κ2) is 9.16. The van der Waals surface area contributed by atoms with Crippen molar-refractivity contribution in [2.75, 3.05) is 32.5 Å². The summed E-state index contributed by atoms with van der Waals surface area (Å²) >= 11 is 0. The summed E-state index contributed by atoms with van der Waals surface area (Å²) in [6.07, 6.45) is 0. The maximum Gasteiger partial charge on any atom is 0.271 e. The fourth-order valence-corrected chi connectivity index (χ4v) is 1.51. The van der Waals surface area contributed by atoms with Gasteiger partial charge in [0.05, 0.1) is 17.7 Å². The number of hydrogen-bond acceptors (Lipinski definition) is 5. The minimum Gasteiger partial charge on any atom is -0.495 e. The van der Waals surface area contributed by atoms with Gasteiger partial charge in [-0.15, -0.1) is 0 Å². The van der Waals surface area contributed by atoms with Gasteiger partial charge < -0.3 is 15.4 Å². The normalized spacial score (nSPS) is 9.74. The Bertz CT molecular complexity index is 387. The first-order chi connectivity index (χ1) is 8.99. The molecule has 0 unspecified atom stereocenters. The van der Waals surface area contributed by atoms with E-state index in [1.807, 2.05) is 0 Å². The maximum absolute atomic E-state index is 10.3. The van der Waals surface area contributed by atoms with Gasteiger partial charge in [-0.2, -0.15) is 0 Å². The molecule has 0 amide bonds. The Morgan fingerprint density at radius 1 is 1.26 bits per heavy atom. The molecule has 0 atom stereocenters. The molecular formula is C13H23N3O3. The van der Waals surface area contributed by atoms with Crippen molar-refractivity contribution >= 4 is 11.4 Å². The van der Waals surface area contributed by atoms with Crippen LogP contribution in [0, 0.1) is 10.1 Å². The largest absolute Gasteiger partial charge is 0.495 e. The standard InChI is InChI=1S/C7H8N2O3.C6H15N/c1-12-7-3-2-5(9(10)11)4-6(7)8;1-4-7(5-2)6-3/h2-4H,8H2,1H3;4-6H2,1-3H3. The molecular weight excluding hydrogens is 246 g/mol. The summed E-state index contributed by atoms with van der Waals surface area (Å²) in [4.78, 5) is 12.1. The molecule has 1 aromatic rings.